The van der Waals surface area contributed by atoms with Gasteiger partial charge in [-0.25, -0.2) is 8.42 Å². The lowest BCUT2D eigenvalue weighted by molar-refractivity contribution is -0.127. The standard InChI is InChI=1S/C18H24N2O2S.C16H19ClN2O4S/c21-17-9-8-15-6-3-5-14(12-15)4-1-2-7-16(13-23)20-18(22)10-11-19-17;1-11(16(21)19-14-7-8-24(22,23)10-14)18-15(20)6-5-12-3-2-4-13(17)9-12/h3,5-6,8-9,12,16,23H,1-2,4,7,10-11,13H2,(H,19,21)(H,20,22);2-6,9,11,14H,7-8,10H2,1H3,(H,18,20)(H,19,21)/b9-8+;6-5+. The Balaban J connectivity index is 0.000000256. The van der Waals surface area contributed by atoms with Crippen LogP contribution in [0.15, 0.2) is 60.7 Å². The topological polar surface area (TPSA) is 151 Å². The summed E-state index contributed by atoms with van der Waals surface area (Å²) in [5, 5.41) is 11.5. The van der Waals surface area contributed by atoms with Crippen LogP contribution in [0.25, 0.3) is 12.2 Å². The van der Waals surface area contributed by atoms with E-state index < -0.39 is 27.7 Å². The maximum absolute atomic E-state index is 12.0. The van der Waals surface area contributed by atoms with Crippen LogP contribution in [0.4, 0.5) is 0 Å². The Kier molecular flexibility index (Phi) is 15.5. The number of nitrogens with one attached hydrogen (secondary N) is 4. The molecule has 4 amide bonds. The third kappa shape index (κ3) is 14.8. The highest BCUT2D eigenvalue weighted by molar-refractivity contribution is 7.91. The largest absolute Gasteiger partial charge is 0.352 e. The van der Waals surface area contributed by atoms with Gasteiger partial charge in [-0.05, 0) is 73.6 Å². The predicted molar refractivity (Wildman–Crippen MR) is 190 cm³/mol. The summed E-state index contributed by atoms with van der Waals surface area (Å²) in [4.78, 5) is 47.5. The molecule has 2 aliphatic rings. The molecule has 2 aromatic carbocycles. The van der Waals surface area contributed by atoms with E-state index in [9.17, 15) is 27.6 Å². The van der Waals surface area contributed by atoms with E-state index >= 15 is 0 Å². The number of amides is 4. The summed E-state index contributed by atoms with van der Waals surface area (Å²) in [7, 11) is -3.06. The number of benzene rings is 2. The number of hydrogen-bond donors (Lipinski definition) is 5. The monoisotopic (exact) mass is 702 g/mol. The van der Waals surface area contributed by atoms with Crippen molar-refractivity contribution >= 4 is 69.8 Å². The summed E-state index contributed by atoms with van der Waals surface area (Å²) in [6, 6.07) is 14.2. The number of halogens is 1. The number of thiol groups is 1. The van der Waals surface area contributed by atoms with E-state index in [1.165, 1.54) is 17.7 Å². The molecule has 1 saturated heterocycles. The van der Waals surface area contributed by atoms with Crippen molar-refractivity contribution in [1.82, 2.24) is 21.3 Å². The van der Waals surface area contributed by atoms with Gasteiger partial charge in [-0.2, -0.15) is 12.6 Å². The van der Waals surface area contributed by atoms with Crippen LogP contribution >= 0.6 is 24.2 Å². The Bertz CT molecular complexity index is 1560. The van der Waals surface area contributed by atoms with Crippen LogP contribution < -0.4 is 21.3 Å². The van der Waals surface area contributed by atoms with Crippen LogP contribution in [-0.4, -0.2) is 74.0 Å². The van der Waals surface area contributed by atoms with Crippen LogP contribution in [0.2, 0.25) is 5.02 Å². The molecule has 2 aliphatic heterocycles. The Morgan fingerprint density at radius 3 is 2.57 bits per heavy atom. The van der Waals surface area contributed by atoms with Gasteiger partial charge in [0.15, 0.2) is 9.84 Å². The molecule has 47 heavy (non-hydrogen) atoms. The first-order valence-corrected chi connectivity index (χ1v) is 18.5. The van der Waals surface area contributed by atoms with E-state index in [0.717, 1.165) is 36.8 Å². The maximum atomic E-state index is 12.0. The van der Waals surface area contributed by atoms with Crippen LogP contribution in [0.1, 0.15) is 55.7 Å². The molecule has 2 aromatic rings. The van der Waals surface area contributed by atoms with Gasteiger partial charge < -0.3 is 21.3 Å². The summed E-state index contributed by atoms with van der Waals surface area (Å²) in [5.41, 5.74) is 3.06. The fourth-order valence-electron chi connectivity index (χ4n) is 4.96. The smallest absolute Gasteiger partial charge is 0.244 e. The molecule has 4 N–H and O–H groups in total. The molecule has 254 valence electrons. The zero-order valence-corrected chi connectivity index (χ0v) is 28.9. The number of carbonyl (C=O) groups excluding carboxylic acids is 4. The van der Waals surface area contributed by atoms with Crippen LogP contribution in [0, 0.1) is 0 Å². The predicted octanol–water partition coefficient (Wildman–Crippen LogP) is 3.51. The Hall–Kier alpha value is -3.61. The molecule has 3 unspecified atom stereocenters. The molecule has 0 saturated carbocycles. The normalized spacial score (nSPS) is 21.3. The van der Waals surface area contributed by atoms with Gasteiger partial charge in [0.25, 0.3) is 0 Å². The number of fused-ring (bicyclic) bond motifs is 2. The molecule has 2 bridgehead atoms. The van der Waals surface area contributed by atoms with E-state index in [1.54, 1.807) is 37.3 Å². The molecule has 10 nitrogen and oxygen atoms in total. The van der Waals surface area contributed by atoms with Crippen molar-refractivity contribution in [2.45, 2.75) is 63.6 Å². The molecular formula is C34H43ClN4O6S2. The molecule has 2 heterocycles. The van der Waals surface area contributed by atoms with E-state index in [1.807, 2.05) is 18.2 Å². The highest BCUT2D eigenvalue weighted by Gasteiger charge is 2.30. The second kappa shape index (κ2) is 19.3. The lowest BCUT2D eigenvalue weighted by atomic mass is 10.0. The summed E-state index contributed by atoms with van der Waals surface area (Å²) in [6.45, 7) is 1.89. The lowest BCUT2D eigenvalue weighted by Crippen LogP contribution is -2.48. The van der Waals surface area contributed by atoms with Crippen molar-refractivity contribution in [2.75, 3.05) is 23.8 Å². The molecule has 0 spiro atoms. The van der Waals surface area contributed by atoms with Crippen molar-refractivity contribution in [3.8, 4) is 0 Å². The van der Waals surface area contributed by atoms with Gasteiger partial charge in [0.2, 0.25) is 23.6 Å². The van der Waals surface area contributed by atoms with Gasteiger partial charge in [0.1, 0.15) is 6.04 Å². The highest BCUT2D eigenvalue weighted by Crippen LogP contribution is 2.14. The Morgan fingerprint density at radius 1 is 1.06 bits per heavy atom. The summed E-state index contributed by atoms with van der Waals surface area (Å²) in [5.74, 6) is -0.365. The summed E-state index contributed by atoms with van der Waals surface area (Å²) >= 11 is 10.2. The van der Waals surface area contributed by atoms with Gasteiger partial charge in [-0.1, -0.05) is 54.4 Å². The number of sulfone groups is 1. The van der Waals surface area contributed by atoms with E-state index in [0.29, 0.717) is 30.2 Å². The van der Waals surface area contributed by atoms with Crippen molar-refractivity contribution in [2.24, 2.45) is 0 Å². The van der Waals surface area contributed by atoms with E-state index in [-0.39, 0.29) is 35.4 Å². The van der Waals surface area contributed by atoms with E-state index in [2.05, 4.69) is 46.0 Å². The second-order valence-corrected chi connectivity index (χ2v) is 14.6. The van der Waals surface area contributed by atoms with Crippen LogP contribution in [0.5, 0.6) is 0 Å². The van der Waals surface area contributed by atoms with Crippen LogP contribution in [-0.2, 0) is 35.4 Å². The van der Waals surface area contributed by atoms with Crippen LogP contribution in [0.3, 0.4) is 0 Å². The lowest BCUT2D eigenvalue weighted by Gasteiger charge is -2.16. The SMILES string of the molecule is CC(NC(=O)/C=C/c1cccc(Cl)c1)C(=O)NC1CCS(=O)(=O)C1.O=C1/C=C/c2cccc(c2)CCCCC(CS)NC(=O)CCN1. The first-order chi connectivity index (χ1) is 22.4. The molecular weight excluding hydrogens is 660 g/mol. The number of aryl methyl sites for hydroxylation is 1. The van der Waals surface area contributed by atoms with Crippen molar-refractivity contribution in [1.29, 1.82) is 0 Å². The van der Waals surface area contributed by atoms with Gasteiger partial charge in [-0.3, -0.25) is 19.2 Å². The molecule has 3 atom stereocenters. The minimum atomic E-state index is -3.06. The first kappa shape index (κ1) is 37.8. The molecule has 0 aliphatic carbocycles. The second-order valence-electron chi connectivity index (χ2n) is 11.5. The van der Waals surface area contributed by atoms with Crippen molar-refractivity contribution in [3.05, 3.63) is 82.4 Å². The van der Waals surface area contributed by atoms with Gasteiger partial charge in [0, 0.05) is 48.0 Å². The first-order valence-electron chi connectivity index (χ1n) is 15.6. The number of carbonyl (C=O) groups is 4. The maximum Gasteiger partial charge on any atom is 0.244 e. The summed E-state index contributed by atoms with van der Waals surface area (Å²) < 4.78 is 22.7. The molecule has 4 rings (SSSR count). The molecule has 1 fully saturated rings. The average molecular weight is 703 g/mol. The van der Waals surface area contributed by atoms with Gasteiger partial charge in [0.05, 0.1) is 11.5 Å². The zero-order chi connectivity index (χ0) is 34.2. The zero-order valence-electron chi connectivity index (χ0n) is 26.4. The fourth-order valence-corrected chi connectivity index (χ4v) is 7.10. The fraction of sp³-hybridized carbons (Fsp3) is 0.412. The third-order valence-corrected chi connectivity index (χ3v) is 9.93. The van der Waals surface area contributed by atoms with Gasteiger partial charge >= 0.3 is 0 Å². The quantitative estimate of drug-likeness (QED) is 0.230. The number of rotatable bonds is 6. The Labute approximate surface area is 287 Å². The third-order valence-electron chi connectivity index (χ3n) is 7.49. The minimum absolute atomic E-state index is 0.0364. The molecule has 13 heteroatoms. The van der Waals surface area contributed by atoms with E-state index in [4.69, 9.17) is 11.6 Å². The minimum Gasteiger partial charge on any atom is -0.352 e. The summed E-state index contributed by atoms with van der Waals surface area (Å²) in [6.07, 6.45) is 11.0. The Morgan fingerprint density at radius 2 is 1.85 bits per heavy atom. The van der Waals surface area contributed by atoms with Crippen molar-refractivity contribution < 1.29 is 27.6 Å². The molecule has 0 aromatic heterocycles. The van der Waals surface area contributed by atoms with Crippen molar-refractivity contribution in [3.63, 3.8) is 0 Å². The molecule has 0 radical (unpaired) electrons. The number of hydrogen-bond acceptors (Lipinski definition) is 7. The average Bonchev–Trinajstić information content (AvgIpc) is 3.38. The van der Waals surface area contributed by atoms with Gasteiger partial charge in [-0.15, -0.1) is 0 Å². The highest BCUT2D eigenvalue weighted by atomic mass is 35.5.